The summed E-state index contributed by atoms with van der Waals surface area (Å²) in [6.45, 7) is 1.95. The molecular weight excluding hydrogens is 206 g/mol. The molecule has 0 unspecified atom stereocenters. The highest BCUT2D eigenvalue weighted by Gasteiger charge is 2.02. The lowest BCUT2D eigenvalue weighted by molar-refractivity contribution is 0.260. The van der Waals surface area contributed by atoms with Gasteiger partial charge in [-0.05, 0) is 24.3 Å². The third-order valence-electron chi connectivity index (χ3n) is 1.91. The minimum atomic E-state index is 0.229. The maximum atomic E-state index is 8.62. The largest absolute Gasteiger partial charge is 0.484 e. The van der Waals surface area contributed by atoms with E-state index < -0.39 is 0 Å². The van der Waals surface area contributed by atoms with Crippen molar-refractivity contribution in [3.63, 3.8) is 0 Å². The zero-order valence-electron chi connectivity index (χ0n) is 8.67. The molecule has 0 aliphatic rings. The number of nitrogens with zero attached hydrogens (tertiary/aromatic N) is 3. The van der Waals surface area contributed by atoms with Crippen molar-refractivity contribution in [3.8, 4) is 11.8 Å². The molecule has 80 valence electrons. The van der Waals surface area contributed by atoms with E-state index in [1.807, 2.05) is 6.07 Å². The van der Waals surface area contributed by atoms with Gasteiger partial charge in [-0.25, -0.2) is 0 Å². The summed E-state index contributed by atoms with van der Waals surface area (Å²) in [7, 11) is 0. The Morgan fingerprint density at radius 2 is 2.06 bits per heavy atom. The molecule has 0 spiro atoms. The normalized spacial score (nSPS) is 9.75. The molecule has 0 saturated carbocycles. The molecule has 5 nitrogen and oxygen atoms in total. The van der Waals surface area contributed by atoms with Crippen molar-refractivity contribution in [2.24, 2.45) is 0 Å². The first-order valence-corrected chi connectivity index (χ1v) is 4.70. The van der Waals surface area contributed by atoms with Crippen molar-refractivity contribution in [1.82, 2.24) is 10.2 Å². The summed E-state index contributed by atoms with van der Waals surface area (Å²) in [6.07, 6.45) is 0. The second-order valence-electron chi connectivity index (χ2n) is 3.14. The molecule has 0 N–H and O–H groups in total. The molecule has 2 rings (SSSR count). The Morgan fingerprint density at radius 3 is 2.62 bits per heavy atom. The number of rotatable bonds is 3. The van der Waals surface area contributed by atoms with Crippen LogP contribution in [-0.2, 0) is 6.61 Å². The average molecular weight is 215 g/mol. The van der Waals surface area contributed by atoms with E-state index in [1.54, 1.807) is 31.2 Å². The molecule has 0 bridgehead atoms. The first-order valence-electron chi connectivity index (χ1n) is 4.70. The molecule has 1 heterocycles. The number of hydrogen-bond donors (Lipinski definition) is 0. The Labute approximate surface area is 92.3 Å². The summed E-state index contributed by atoms with van der Waals surface area (Å²) >= 11 is 0. The molecule has 0 aliphatic carbocycles. The van der Waals surface area contributed by atoms with Gasteiger partial charge in [-0.15, -0.1) is 10.2 Å². The van der Waals surface area contributed by atoms with Gasteiger partial charge in [-0.3, -0.25) is 0 Å². The summed E-state index contributed by atoms with van der Waals surface area (Å²) in [5.74, 6) is 1.61. The van der Waals surface area contributed by atoms with Crippen molar-refractivity contribution in [3.05, 3.63) is 41.6 Å². The molecule has 0 aliphatic heterocycles. The van der Waals surface area contributed by atoms with E-state index in [0.29, 0.717) is 23.1 Å². The van der Waals surface area contributed by atoms with Gasteiger partial charge in [0.1, 0.15) is 5.75 Å². The fourth-order valence-electron chi connectivity index (χ4n) is 1.17. The van der Waals surface area contributed by atoms with Crippen LogP contribution in [0.3, 0.4) is 0 Å². The fourth-order valence-corrected chi connectivity index (χ4v) is 1.17. The molecule has 0 fully saturated rings. The molecule has 0 atom stereocenters. The van der Waals surface area contributed by atoms with E-state index in [-0.39, 0.29) is 6.61 Å². The Kier molecular flexibility index (Phi) is 2.83. The van der Waals surface area contributed by atoms with Crippen molar-refractivity contribution < 1.29 is 9.15 Å². The average Bonchev–Trinajstić information content (AvgIpc) is 2.73. The van der Waals surface area contributed by atoms with Crippen molar-refractivity contribution in [2.75, 3.05) is 0 Å². The van der Waals surface area contributed by atoms with E-state index >= 15 is 0 Å². The first kappa shape index (κ1) is 10.2. The van der Waals surface area contributed by atoms with Crippen LogP contribution in [0.25, 0.3) is 0 Å². The topological polar surface area (TPSA) is 71.9 Å². The molecular formula is C11H9N3O2. The fraction of sp³-hybridized carbons (Fsp3) is 0.182. The Bertz CT molecular complexity index is 511. The van der Waals surface area contributed by atoms with Gasteiger partial charge < -0.3 is 9.15 Å². The zero-order chi connectivity index (χ0) is 11.4. The van der Waals surface area contributed by atoms with Crippen LogP contribution in [-0.4, -0.2) is 10.2 Å². The van der Waals surface area contributed by atoms with E-state index in [1.165, 1.54) is 0 Å². The summed E-state index contributed by atoms with van der Waals surface area (Å²) in [5, 5.41) is 16.1. The van der Waals surface area contributed by atoms with Gasteiger partial charge in [0, 0.05) is 6.92 Å². The maximum absolute atomic E-state index is 8.62. The SMILES string of the molecule is Cc1nnc(COc2ccc(C#N)cc2)o1. The summed E-state index contributed by atoms with van der Waals surface area (Å²) in [5.41, 5.74) is 0.598. The van der Waals surface area contributed by atoms with Gasteiger partial charge in [-0.2, -0.15) is 5.26 Å². The van der Waals surface area contributed by atoms with E-state index in [9.17, 15) is 0 Å². The monoisotopic (exact) mass is 215 g/mol. The highest BCUT2D eigenvalue weighted by molar-refractivity contribution is 5.34. The molecule has 2 aromatic rings. The Balaban J connectivity index is 1.97. The lowest BCUT2D eigenvalue weighted by Gasteiger charge is -2.02. The molecule has 0 radical (unpaired) electrons. The lowest BCUT2D eigenvalue weighted by Crippen LogP contribution is -1.95. The van der Waals surface area contributed by atoms with Gasteiger partial charge in [0.05, 0.1) is 11.6 Å². The lowest BCUT2D eigenvalue weighted by atomic mass is 10.2. The van der Waals surface area contributed by atoms with Crippen LogP contribution in [0, 0.1) is 18.3 Å². The smallest absolute Gasteiger partial charge is 0.253 e. The predicted octanol–water partition coefficient (Wildman–Crippen LogP) is 1.83. The zero-order valence-corrected chi connectivity index (χ0v) is 8.67. The van der Waals surface area contributed by atoms with Gasteiger partial charge in [-0.1, -0.05) is 0 Å². The second-order valence-corrected chi connectivity index (χ2v) is 3.14. The molecule has 1 aromatic heterocycles. The second kappa shape index (κ2) is 4.45. The van der Waals surface area contributed by atoms with Crippen LogP contribution in [0.5, 0.6) is 5.75 Å². The van der Waals surface area contributed by atoms with Gasteiger partial charge in [0.2, 0.25) is 5.89 Å². The van der Waals surface area contributed by atoms with E-state index in [4.69, 9.17) is 14.4 Å². The van der Waals surface area contributed by atoms with Crippen molar-refractivity contribution in [2.45, 2.75) is 13.5 Å². The molecule has 1 aromatic carbocycles. The van der Waals surface area contributed by atoms with E-state index in [0.717, 1.165) is 0 Å². The van der Waals surface area contributed by atoms with Crippen molar-refractivity contribution in [1.29, 1.82) is 5.26 Å². The third-order valence-corrected chi connectivity index (χ3v) is 1.91. The minimum Gasteiger partial charge on any atom is -0.484 e. The van der Waals surface area contributed by atoms with Crippen LogP contribution >= 0.6 is 0 Å². The number of ether oxygens (including phenoxy) is 1. The highest BCUT2D eigenvalue weighted by atomic mass is 16.5. The van der Waals surface area contributed by atoms with Gasteiger partial charge in [0.15, 0.2) is 6.61 Å². The van der Waals surface area contributed by atoms with Crippen LogP contribution in [0.4, 0.5) is 0 Å². The van der Waals surface area contributed by atoms with Gasteiger partial charge >= 0.3 is 0 Å². The van der Waals surface area contributed by atoms with Crippen LogP contribution in [0.15, 0.2) is 28.7 Å². The molecule has 0 saturated heterocycles. The molecule has 0 amide bonds. The van der Waals surface area contributed by atoms with Crippen LogP contribution in [0.1, 0.15) is 17.3 Å². The first-order chi connectivity index (χ1) is 7.78. The van der Waals surface area contributed by atoms with E-state index in [2.05, 4.69) is 10.2 Å². The minimum absolute atomic E-state index is 0.229. The molecule has 16 heavy (non-hydrogen) atoms. The quantitative estimate of drug-likeness (QED) is 0.780. The summed E-state index contributed by atoms with van der Waals surface area (Å²) in [6, 6.07) is 8.86. The highest BCUT2D eigenvalue weighted by Crippen LogP contribution is 2.13. The number of hydrogen-bond acceptors (Lipinski definition) is 5. The number of aryl methyl sites for hydroxylation is 1. The van der Waals surface area contributed by atoms with Crippen LogP contribution < -0.4 is 4.74 Å². The predicted molar refractivity (Wildman–Crippen MR) is 54.5 cm³/mol. The molecule has 5 heteroatoms. The Morgan fingerprint density at radius 1 is 1.31 bits per heavy atom. The van der Waals surface area contributed by atoms with Crippen molar-refractivity contribution >= 4 is 0 Å². The summed E-state index contributed by atoms with van der Waals surface area (Å²) < 4.78 is 10.5. The number of nitriles is 1. The number of benzene rings is 1. The van der Waals surface area contributed by atoms with Gasteiger partial charge in [0.25, 0.3) is 5.89 Å². The number of aromatic nitrogens is 2. The Hall–Kier alpha value is -2.35. The standard InChI is InChI=1S/C11H9N3O2/c1-8-13-14-11(16-8)7-15-10-4-2-9(6-12)3-5-10/h2-5H,7H2,1H3. The third kappa shape index (κ3) is 2.36. The van der Waals surface area contributed by atoms with Crippen LogP contribution in [0.2, 0.25) is 0 Å². The maximum Gasteiger partial charge on any atom is 0.253 e. The summed E-state index contributed by atoms with van der Waals surface area (Å²) in [4.78, 5) is 0.